The number of hydrogen-bond donors (Lipinski definition) is 0. The average molecular weight is 496 g/mol. The molecule has 0 saturated carbocycles. The number of hydrogen-bond acceptors (Lipinski definition) is 7. The molecule has 2 atom stereocenters. The molecule has 8 heteroatoms. The van der Waals surface area contributed by atoms with Gasteiger partial charge >= 0.3 is 13.1 Å². The molecule has 0 aliphatic carbocycles. The van der Waals surface area contributed by atoms with E-state index in [4.69, 9.17) is 28.5 Å². The molecule has 2 rings (SSSR count). The quantitative estimate of drug-likeness (QED) is 0.140. The van der Waals surface area contributed by atoms with E-state index in [1.165, 1.54) is 0 Å². The third-order valence-electron chi connectivity index (χ3n) is 6.98. The lowest BCUT2D eigenvalue weighted by molar-refractivity contribution is -0.166. The van der Waals surface area contributed by atoms with Gasteiger partial charge in [-0.25, -0.2) is 4.79 Å². The molecule has 2 heterocycles. The molecule has 2 aliphatic rings. The summed E-state index contributed by atoms with van der Waals surface area (Å²) in [5.41, 5.74) is -1.28. The first kappa shape index (κ1) is 30.3. The van der Waals surface area contributed by atoms with Gasteiger partial charge in [0.15, 0.2) is 11.8 Å². The smallest absolute Gasteiger partial charge is 0.457 e. The fraction of sp³-hybridized carbons (Fsp3) is 0.926. The Bertz CT molecular complexity index is 691. The molecule has 0 amide bonds. The first-order valence-electron chi connectivity index (χ1n) is 13.5. The Morgan fingerprint density at radius 1 is 1.00 bits per heavy atom. The maximum absolute atomic E-state index is 13.5. The highest BCUT2D eigenvalue weighted by Gasteiger charge is 2.50. The zero-order chi connectivity index (χ0) is 26.3. The molecule has 202 valence electrons. The molecular weight excluding hydrogens is 445 g/mol. The van der Waals surface area contributed by atoms with Gasteiger partial charge in [0.2, 0.25) is 0 Å². The molecule has 0 bridgehead atoms. The predicted octanol–water partition coefficient (Wildman–Crippen LogP) is 6.13. The number of carbonyl (C=O) groups excluding carboxylic acids is 1. The van der Waals surface area contributed by atoms with Crippen LogP contribution >= 0.6 is 0 Å². The van der Waals surface area contributed by atoms with Crippen LogP contribution in [0, 0.1) is 0 Å². The highest BCUT2D eigenvalue weighted by molar-refractivity contribution is 6.45. The summed E-state index contributed by atoms with van der Waals surface area (Å²) in [6, 6.07) is 0. The van der Waals surface area contributed by atoms with Crippen molar-refractivity contribution in [2.75, 3.05) is 13.2 Å². The molecule has 0 radical (unpaired) electrons. The van der Waals surface area contributed by atoms with E-state index in [1.807, 2.05) is 34.6 Å². The molecule has 2 unspecified atom stereocenters. The number of esters is 1. The Morgan fingerprint density at radius 2 is 1.63 bits per heavy atom. The van der Waals surface area contributed by atoms with Crippen molar-refractivity contribution >= 4 is 18.8 Å². The highest BCUT2D eigenvalue weighted by atomic mass is 16.7. The van der Waals surface area contributed by atoms with Crippen molar-refractivity contribution < 1.29 is 28.3 Å². The van der Waals surface area contributed by atoms with Crippen LogP contribution in [0.25, 0.3) is 0 Å². The highest BCUT2D eigenvalue weighted by Crippen LogP contribution is 2.38. The van der Waals surface area contributed by atoms with E-state index in [9.17, 15) is 4.79 Å². The number of ether oxygens (including phenoxy) is 3. The van der Waals surface area contributed by atoms with Gasteiger partial charge < -0.3 is 23.5 Å². The van der Waals surface area contributed by atoms with Gasteiger partial charge in [0.25, 0.3) is 0 Å². The summed E-state index contributed by atoms with van der Waals surface area (Å²) in [5, 5.41) is 0. The summed E-state index contributed by atoms with van der Waals surface area (Å²) in [6.45, 7) is 19.2. The topological polar surface area (TPSA) is 75.6 Å². The minimum absolute atomic E-state index is 0.129. The fourth-order valence-electron chi connectivity index (χ4n) is 4.52. The SMILES string of the molecule is CC(C)=NC(CCCCB1OC(C)(C)C(C)(C)O1)(CCCOC1CCCCO1)C(=O)OC(C)(C)C. The Hall–Kier alpha value is -0.955. The van der Waals surface area contributed by atoms with Gasteiger partial charge in [-0.05, 0) is 107 Å². The second-order valence-corrected chi connectivity index (χ2v) is 12.3. The fourth-order valence-corrected chi connectivity index (χ4v) is 4.52. The monoisotopic (exact) mass is 495 g/mol. The van der Waals surface area contributed by atoms with E-state index in [-0.39, 0.29) is 30.6 Å². The second kappa shape index (κ2) is 12.5. The minimum atomic E-state index is -0.918. The third-order valence-corrected chi connectivity index (χ3v) is 6.98. The summed E-state index contributed by atoms with van der Waals surface area (Å²) in [7, 11) is -0.226. The van der Waals surface area contributed by atoms with Crippen LogP contribution < -0.4 is 0 Å². The van der Waals surface area contributed by atoms with Gasteiger partial charge in [-0.2, -0.15) is 0 Å². The predicted molar refractivity (Wildman–Crippen MR) is 141 cm³/mol. The van der Waals surface area contributed by atoms with Crippen molar-refractivity contribution in [1.29, 1.82) is 0 Å². The van der Waals surface area contributed by atoms with Crippen LogP contribution in [0.4, 0.5) is 0 Å². The van der Waals surface area contributed by atoms with Crippen LogP contribution in [-0.2, 0) is 28.3 Å². The number of aliphatic imine (C=N–C) groups is 1. The molecular formula is C27H50BNO6. The van der Waals surface area contributed by atoms with Crippen molar-refractivity contribution in [2.45, 2.75) is 149 Å². The maximum atomic E-state index is 13.5. The largest absolute Gasteiger partial charge is 0.458 e. The first-order chi connectivity index (χ1) is 16.2. The standard InChI is InChI=1S/C27H50BNO6/c1-21(2)29-27(23(30)33-24(3,4)5,17-14-20-32-22-15-10-13-19-31-22)16-11-12-18-28-34-25(6,7)26(8,9)35-28/h22H,10-20H2,1-9H3. The summed E-state index contributed by atoms with van der Waals surface area (Å²) in [4.78, 5) is 18.4. The molecule has 2 fully saturated rings. The summed E-state index contributed by atoms with van der Waals surface area (Å²) in [6.07, 6.45) is 7.44. The number of nitrogens with zero attached hydrogens (tertiary/aromatic N) is 1. The van der Waals surface area contributed by atoms with Crippen LogP contribution in [0.15, 0.2) is 4.99 Å². The molecule has 0 N–H and O–H groups in total. The second-order valence-electron chi connectivity index (χ2n) is 12.3. The van der Waals surface area contributed by atoms with Gasteiger partial charge in [0, 0.05) is 18.9 Å². The normalized spacial score (nSPS) is 23.6. The minimum Gasteiger partial charge on any atom is -0.458 e. The van der Waals surface area contributed by atoms with E-state index < -0.39 is 11.1 Å². The van der Waals surface area contributed by atoms with E-state index in [0.717, 1.165) is 50.7 Å². The van der Waals surface area contributed by atoms with Gasteiger partial charge in [-0.1, -0.05) is 12.8 Å². The maximum Gasteiger partial charge on any atom is 0.457 e. The Labute approximate surface area is 214 Å². The lowest BCUT2D eigenvalue weighted by atomic mass is 9.80. The molecule has 0 aromatic heterocycles. The lowest BCUT2D eigenvalue weighted by Gasteiger charge is -2.32. The number of carbonyl (C=O) groups is 1. The summed E-state index contributed by atoms with van der Waals surface area (Å²) in [5.74, 6) is -0.254. The molecule has 2 saturated heterocycles. The van der Waals surface area contributed by atoms with Gasteiger partial charge in [-0.3, -0.25) is 4.99 Å². The molecule has 7 nitrogen and oxygen atoms in total. The van der Waals surface area contributed by atoms with Crippen LogP contribution in [0.1, 0.15) is 114 Å². The third kappa shape index (κ3) is 9.45. The van der Waals surface area contributed by atoms with Crippen LogP contribution in [-0.4, -0.2) is 60.6 Å². The molecule has 0 aromatic carbocycles. The zero-order valence-electron chi connectivity index (χ0n) is 23.8. The summed E-state index contributed by atoms with van der Waals surface area (Å²) < 4.78 is 29.8. The van der Waals surface area contributed by atoms with Gasteiger partial charge in [0.1, 0.15) is 5.60 Å². The van der Waals surface area contributed by atoms with E-state index >= 15 is 0 Å². The van der Waals surface area contributed by atoms with Crippen molar-refractivity contribution in [3.05, 3.63) is 0 Å². The van der Waals surface area contributed by atoms with Gasteiger partial charge in [-0.15, -0.1) is 0 Å². The van der Waals surface area contributed by atoms with Crippen LogP contribution in [0.2, 0.25) is 6.32 Å². The Morgan fingerprint density at radius 3 is 2.17 bits per heavy atom. The van der Waals surface area contributed by atoms with Crippen LogP contribution in [0.3, 0.4) is 0 Å². The number of unbranched alkanes of at least 4 members (excludes halogenated alkanes) is 1. The van der Waals surface area contributed by atoms with Crippen LogP contribution in [0.5, 0.6) is 0 Å². The van der Waals surface area contributed by atoms with Crippen molar-refractivity contribution in [1.82, 2.24) is 0 Å². The molecule has 2 aliphatic heterocycles. The van der Waals surface area contributed by atoms with Crippen molar-refractivity contribution in [3.8, 4) is 0 Å². The van der Waals surface area contributed by atoms with Crippen molar-refractivity contribution in [3.63, 3.8) is 0 Å². The zero-order valence-corrected chi connectivity index (χ0v) is 23.8. The average Bonchev–Trinajstić information content (AvgIpc) is 2.93. The lowest BCUT2D eigenvalue weighted by Crippen LogP contribution is -2.43. The molecule has 0 spiro atoms. The Kier molecular flexibility index (Phi) is 10.8. The van der Waals surface area contributed by atoms with Gasteiger partial charge in [0.05, 0.1) is 11.2 Å². The van der Waals surface area contributed by atoms with E-state index in [0.29, 0.717) is 25.9 Å². The molecule has 35 heavy (non-hydrogen) atoms. The Balaban J connectivity index is 2.01. The summed E-state index contributed by atoms with van der Waals surface area (Å²) >= 11 is 0. The number of rotatable bonds is 12. The van der Waals surface area contributed by atoms with Crippen molar-refractivity contribution in [2.24, 2.45) is 4.99 Å². The molecule has 0 aromatic rings. The van der Waals surface area contributed by atoms with E-state index in [2.05, 4.69) is 27.7 Å². The van der Waals surface area contributed by atoms with E-state index in [1.54, 1.807) is 0 Å². The first-order valence-corrected chi connectivity index (χ1v) is 13.5.